The minimum atomic E-state index is -1.94. The molecule has 0 unspecified atom stereocenters. The lowest BCUT2D eigenvalue weighted by molar-refractivity contribution is -0.156. The number of carbonyl (C=O) groups is 3. The van der Waals surface area contributed by atoms with Crippen LogP contribution < -0.4 is 14.8 Å². The van der Waals surface area contributed by atoms with Gasteiger partial charge in [0, 0.05) is 19.3 Å². The van der Waals surface area contributed by atoms with Gasteiger partial charge in [-0.1, -0.05) is 230 Å². The van der Waals surface area contributed by atoms with Gasteiger partial charge < -0.3 is 43.2 Å². The lowest BCUT2D eigenvalue weighted by atomic mass is 9.77. The maximum atomic E-state index is 16.6. The van der Waals surface area contributed by atoms with Crippen LogP contribution in [-0.2, 0) is 49.2 Å². The van der Waals surface area contributed by atoms with E-state index in [4.69, 9.17) is 49.3 Å². The number of fused-ring (bicyclic) bond motifs is 1. The maximum absolute atomic E-state index is 16.6. The quantitative estimate of drug-likeness (QED) is 0.0100. The van der Waals surface area contributed by atoms with Crippen molar-refractivity contribution in [2.75, 3.05) is 39.4 Å². The first-order chi connectivity index (χ1) is 44.5. The SMILES string of the molecule is C#C[C@]1(COC(=O)OC(COC(=O)CCCCCCCC)COC(=O)CCCCCCCC)O[C@@H](n2cnc3c(NC(c4ccccc4)(c4ccccc4)c4ccc(OC)cc4)nc(F)nc32)C[C@@H]1OC(c1ccccc1)(c1ccccc1)c1ccc(OC)cc1. The largest absolute Gasteiger partial charge is 0.508 e. The highest BCUT2D eigenvalue weighted by Gasteiger charge is 2.55. The second kappa shape index (κ2) is 32.6. The van der Waals surface area contributed by atoms with Crippen molar-refractivity contribution in [2.24, 2.45) is 0 Å². The number of nitrogens with one attached hydrogen (secondary N) is 1. The zero-order valence-electron chi connectivity index (χ0n) is 52.4. The lowest BCUT2D eigenvalue weighted by Gasteiger charge is -2.41. The third-order valence-corrected chi connectivity index (χ3v) is 16.6. The number of benzene rings is 6. The Morgan fingerprint density at radius 1 is 0.626 bits per heavy atom. The number of nitrogens with zero attached hydrogens (tertiary/aromatic N) is 4. The molecule has 1 aliphatic heterocycles. The highest BCUT2D eigenvalue weighted by Crippen LogP contribution is 2.49. The molecule has 91 heavy (non-hydrogen) atoms. The van der Waals surface area contributed by atoms with Crippen molar-refractivity contribution in [1.82, 2.24) is 19.5 Å². The molecular formula is C74H82FN5O11. The summed E-state index contributed by atoms with van der Waals surface area (Å²) >= 11 is 0. The third kappa shape index (κ3) is 16.3. The lowest BCUT2D eigenvalue weighted by Crippen LogP contribution is -2.49. The first-order valence-corrected chi connectivity index (χ1v) is 31.7. The number of hydrogen-bond acceptors (Lipinski definition) is 15. The van der Waals surface area contributed by atoms with Gasteiger partial charge in [-0.25, -0.2) is 9.78 Å². The van der Waals surface area contributed by atoms with Crippen molar-refractivity contribution in [3.05, 3.63) is 216 Å². The fraction of sp³-hybridized carbons (Fsp3) is 0.378. The average Bonchev–Trinajstić information content (AvgIpc) is 1.74. The van der Waals surface area contributed by atoms with Crippen molar-refractivity contribution in [1.29, 1.82) is 0 Å². The molecule has 16 nitrogen and oxygen atoms in total. The molecule has 0 bridgehead atoms. The molecule has 476 valence electrons. The first kappa shape index (κ1) is 66.3. The Labute approximate surface area is 533 Å². The molecule has 1 saturated heterocycles. The number of rotatable bonds is 34. The summed E-state index contributed by atoms with van der Waals surface area (Å²) in [5, 5.41) is 3.67. The average molecular weight is 1240 g/mol. The van der Waals surface area contributed by atoms with Crippen LogP contribution in [0, 0.1) is 18.4 Å². The summed E-state index contributed by atoms with van der Waals surface area (Å²) in [5.41, 5.74) is 0.201. The number of halogens is 1. The van der Waals surface area contributed by atoms with Crippen LogP contribution in [0.15, 0.2) is 176 Å². The number of terminal acetylenes is 1. The Balaban J connectivity index is 1.08. The third-order valence-electron chi connectivity index (χ3n) is 16.6. The van der Waals surface area contributed by atoms with E-state index in [-0.39, 0.29) is 36.2 Å². The summed E-state index contributed by atoms with van der Waals surface area (Å²) in [5.74, 6) is 3.19. The normalized spacial score (nSPS) is 15.6. The van der Waals surface area contributed by atoms with Gasteiger partial charge in [-0.05, 0) is 70.5 Å². The van der Waals surface area contributed by atoms with Crippen molar-refractivity contribution in [3.8, 4) is 23.8 Å². The summed E-state index contributed by atoms with van der Waals surface area (Å²) in [4.78, 5) is 54.1. The standard InChI is InChI=1S/C74H82FN5O11/c1-6-9-11-13-15-29-39-65(81)86-50-62(51-87-66(82)40-30-16-14-12-10-7-2)89-71(83)88-52-72(8-3)63(90-74(57-35-25-19-26-36-57,58-37-27-20-28-38-58)59-43-47-61(85-5)48-44-59)49-64(91-72)80-53-76-67-68(77-70(75)78-69(67)80)79-73(54-31-21-17-22-32-54,55-33-23-18-24-34-55)56-41-45-60(84-4)46-42-56/h3,17-28,31-38,41-48,53,62-64H,6-7,9-16,29-30,39-40,49-52H2,1-2,4-5H3,(H,77,78,79)/t63-,64+,72+/m0/s1. The van der Waals surface area contributed by atoms with Gasteiger partial charge in [-0.2, -0.15) is 14.4 Å². The molecule has 0 radical (unpaired) electrons. The minimum absolute atomic E-state index is 0.0455. The molecule has 1 fully saturated rings. The van der Waals surface area contributed by atoms with Crippen LogP contribution in [0.25, 0.3) is 11.2 Å². The predicted octanol–water partition coefficient (Wildman–Crippen LogP) is 15.2. The zero-order valence-corrected chi connectivity index (χ0v) is 52.4. The second-order valence-electron chi connectivity index (χ2n) is 22.8. The molecule has 0 amide bonds. The highest BCUT2D eigenvalue weighted by molar-refractivity contribution is 5.84. The van der Waals surface area contributed by atoms with Crippen LogP contribution in [0.1, 0.15) is 150 Å². The van der Waals surface area contributed by atoms with E-state index < -0.39 is 79.2 Å². The van der Waals surface area contributed by atoms with Crippen LogP contribution in [0.3, 0.4) is 0 Å². The topological polar surface area (TPSA) is 181 Å². The van der Waals surface area contributed by atoms with Gasteiger partial charge >= 0.3 is 24.2 Å². The summed E-state index contributed by atoms with van der Waals surface area (Å²) in [6.07, 6.45) is 14.3. The van der Waals surface area contributed by atoms with E-state index in [1.165, 1.54) is 6.33 Å². The molecule has 0 aliphatic carbocycles. The van der Waals surface area contributed by atoms with E-state index in [2.05, 4.69) is 35.1 Å². The monoisotopic (exact) mass is 1240 g/mol. The van der Waals surface area contributed by atoms with Crippen LogP contribution in [-0.4, -0.2) is 89.5 Å². The Bertz CT molecular complexity index is 3500. The first-order valence-electron chi connectivity index (χ1n) is 31.7. The molecule has 6 aromatic carbocycles. The Morgan fingerprint density at radius 2 is 1.08 bits per heavy atom. The van der Waals surface area contributed by atoms with E-state index in [0.29, 0.717) is 29.9 Å². The predicted molar refractivity (Wildman–Crippen MR) is 346 cm³/mol. The molecule has 3 atom stereocenters. The molecular weight excluding hydrogens is 1150 g/mol. The number of carbonyl (C=O) groups excluding carboxylic acids is 3. The number of esters is 2. The van der Waals surface area contributed by atoms with Crippen LogP contribution in [0.5, 0.6) is 11.5 Å². The van der Waals surface area contributed by atoms with Gasteiger partial charge in [-0.15, -0.1) is 6.42 Å². The molecule has 2 aromatic heterocycles. The van der Waals surface area contributed by atoms with Gasteiger partial charge in [0.25, 0.3) is 0 Å². The van der Waals surface area contributed by atoms with Crippen LogP contribution in [0.2, 0.25) is 0 Å². The summed E-state index contributed by atoms with van der Waals surface area (Å²) in [7, 11) is 3.19. The van der Waals surface area contributed by atoms with Crippen LogP contribution in [0.4, 0.5) is 15.0 Å². The fourth-order valence-electron chi connectivity index (χ4n) is 11.8. The number of unbranched alkanes of at least 4 members (excludes halogenated alkanes) is 10. The Kier molecular flexibility index (Phi) is 23.7. The van der Waals surface area contributed by atoms with Gasteiger partial charge in [0.2, 0.25) is 0 Å². The molecule has 9 rings (SSSR count). The van der Waals surface area contributed by atoms with E-state index in [1.807, 2.05) is 170 Å². The van der Waals surface area contributed by atoms with Crippen molar-refractivity contribution in [2.45, 2.75) is 145 Å². The van der Waals surface area contributed by atoms with E-state index in [9.17, 15) is 14.4 Å². The molecule has 1 aliphatic rings. The number of anilines is 1. The van der Waals surface area contributed by atoms with Crippen molar-refractivity contribution >= 4 is 35.1 Å². The molecule has 8 aromatic rings. The zero-order chi connectivity index (χ0) is 63.9. The smallest absolute Gasteiger partial charge is 0.497 e. The molecule has 3 heterocycles. The summed E-state index contributed by atoms with van der Waals surface area (Å²) in [6, 6.07) is 53.9. The van der Waals surface area contributed by atoms with Gasteiger partial charge in [0.05, 0.1) is 20.5 Å². The molecule has 0 saturated carbocycles. The molecule has 17 heteroatoms. The van der Waals surface area contributed by atoms with Crippen molar-refractivity contribution in [3.63, 3.8) is 0 Å². The second-order valence-corrected chi connectivity index (χ2v) is 22.8. The highest BCUT2D eigenvalue weighted by atomic mass is 19.1. The summed E-state index contributed by atoms with van der Waals surface area (Å²) in [6.45, 7) is 2.83. The Hall–Kier alpha value is -9.11. The Morgan fingerprint density at radius 3 is 1.56 bits per heavy atom. The number of hydrogen-bond donors (Lipinski definition) is 1. The van der Waals surface area contributed by atoms with Gasteiger partial charge in [0.15, 0.2) is 28.7 Å². The number of ether oxygens (including phenoxy) is 8. The van der Waals surface area contributed by atoms with E-state index >= 15 is 4.39 Å². The van der Waals surface area contributed by atoms with Gasteiger partial charge in [-0.3, -0.25) is 14.2 Å². The van der Waals surface area contributed by atoms with E-state index in [1.54, 1.807) is 18.8 Å². The van der Waals surface area contributed by atoms with Gasteiger partial charge in [0.1, 0.15) is 54.8 Å². The minimum Gasteiger partial charge on any atom is -0.497 e. The molecule has 1 N–H and O–H groups in total. The van der Waals surface area contributed by atoms with Crippen molar-refractivity contribution < 1.29 is 56.7 Å². The number of aromatic nitrogens is 4. The number of methoxy groups -OCH3 is 2. The molecule has 0 spiro atoms. The number of imidazole rings is 1. The fourth-order valence-corrected chi connectivity index (χ4v) is 11.8. The summed E-state index contributed by atoms with van der Waals surface area (Å²) < 4.78 is 67.3. The van der Waals surface area contributed by atoms with E-state index in [0.717, 1.165) is 92.0 Å². The van der Waals surface area contributed by atoms with Crippen LogP contribution >= 0.6 is 0 Å². The maximum Gasteiger partial charge on any atom is 0.508 e.